The van der Waals surface area contributed by atoms with Crippen molar-refractivity contribution in [3.05, 3.63) is 59.1 Å². The lowest BCUT2D eigenvalue weighted by Gasteiger charge is -2.11. The van der Waals surface area contributed by atoms with E-state index in [9.17, 15) is 13.2 Å². The minimum Gasteiger partial charge on any atom is -0.322 e. The van der Waals surface area contributed by atoms with Gasteiger partial charge in [-0.1, -0.05) is 18.0 Å². The van der Waals surface area contributed by atoms with Crippen LogP contribution in [0.15, 0.2) is 58.4 Å². The van der Waals surface area contributed by atoms with Crippen molar-refractivity contribution in [2.24, 2.45) is 4.99 Å². The van der Waals surface area contributed by atoms with Gasteiger partial charge in [-0.25, -0.2) is 8.42 Å². The van der Waals surface area contributed by atoms with Crippen LogP contribution in [0.1, 0.15) is 36.0 Å². The number of carbonyl (C=O) groups is 1. The first-order chi connectivity index (χ1) is 12.9. The molecule has 0 spiro atoms. The minimum absolute atomic E-state index is 0.124. The summed E-state index contributed by atoms with van der Waals surface area (Å²) < 4.78 is 27.6. The van der Waals surface area contributed by atoms with Crippen LogP contribution >= 0.6 is 11.6 Å². The summed E-state index contributed by atoms with van der Waals surface area (Å²) in [5.74, 6) is 0.209. The van der Waals surface area contributed by atoms with E-state index in [0.717, 1.165) is 19.3 Å². The number of aliphatic imine (C=N–C) groups is 1. The Bertz CT molecular complexity index is 939. The van der Waals surface area contributed by atoms with Crippen LogP contribution in [-0.2, 0) is 10.0 Å². The summed E-state index contributed by atoms with van der Waals surface area (Å²) in [4.78, 5) is 16.6. The van der Waals surface area contributed by atoms with E-state index in [1.54, 1.807) is 36.4 Å². The number of anilines is 1. The molecule has 0 saturated heterocycles. The van der Waals surface area contributed by atoms with Crippen LogP contribution in [-0.4, -0.2) is 26.7 Å². The predicted octanol–water partition coefficient (Wildman–Crippen LogP) is 3.84. The van der Waals surface area contributed by atoms with Crippen LogP contribution in [0.4, 0.5) is 5.69 Å². The molecule has 2 aromatic rings. The third-order valence-corrected chi connectivity index (χ3v) is 5.80. The van der Waals surface area contributed by atoms with Gasteiger partial charge in [0.2, 0.25) is 0 Å². The van der Waals surface area contributed by atoms with Crippen LogP contribution in [0.5, 0.6) is 0 Å². The topological polar surface area (TPSA) is 87.6 Å². The number of halogens is 1. The molecule has 27 heavy (non-hydrogen) atoms. The molecule has 1 amide bonds. The van der Waals surface area contributed by atoms with Crippen molar-refractivity contribution in [3.8, 4) is 0 Å². The number of nitrogens with one attached hydrogen (secondary N) is 2. The molecule has 8 heteroatoms. The number of hydrogen-bond acceptors (Lipinski definition) is 4. The van der Waals surface area contributed by atoms with Crippen molar-refractivity contribution in [3.63, 3.8) is 0 Å². The summed E-state index contributed by atoms with van der Waals surface area (Å²) >= 11 is 5.81. The Morgan fingerprint density at radius 1 is 0.963 bits per heavy atom. The van der Waals surface area contributed by atoms with Gasteiger partial charge in [0.15, 0.2) is 0 Å². The van der Waals surface area contributed by atoms with Crippen LogP contribution < -0.4 is 10.0 Å². The maximum absolute atomic E-state index is 12.5. The maximum Gasteiger partial charge on any atom is 0.262 e. The van der Waals surface area contributed by atoms with E-state index in [0.29, 0.717) is 35.1 Å². The lowest BCUT2D eigenvalue weighted by atomic mass is 10.2. The van der Waals surface area contributed by atoms with Gasteiger partial charge in [-0.05, 0) is 61.4 Å². The van der Waals surface area contributed by atoms with Crippen LogP contribution in [0, 0.1) is 0 Å². The number of sulfonamides is 1. The molecule has 2 aromatic carbocycles. The Kier molecular flexibility index (Phi) is 6.13. The van der Waals surface area contributed by atoms with Crippen LogP contribution in [0.3, 0.4) is 0 Å². The molecule has 142 valence electrons. The first kappa shape index (κ1) is 19.4. The lowest BCUT2D eigenvalue weighted by Crippen LogP contribution is -2.30. The molecule has 0 unspecified atom stereocenters. The fourth-order valence-electron chi connectivity index (χ4n) is 2.69. The molecule has 0 bridgehead atoms. The van der Waals surface area contributed by atoms with E-state index >= 15 is 0 Å². The summed E-state index contributed by atoms with van der Waals surface area (Å²) in [5.41, 5.74) is 0.963. The van der Waals surface area contributed by atoms with Gasteiger partial charge >= 0.3 is 0 Å². The number of rotatable bonds is 4. The fraction of sp³-hybridized carbons (Fsp3) is 0.263. The zero-order chi connectivity index (χ0) is 19.3. The Morgan fingerprint density at radius 2 is 1.67 bits per heavy atom. The van der Waals surface area contributed by atoms with E-state index in [2.05, 4.69) is 15.0 Å². The third-order valence-electron chi connectivity index (χ3n) is 4.16. The summed E-state index contributed by atoms with van der Waals surface area (Å²) in [5, 5.41) is 3.27. The van der Waals surface area contributed by atoms with Gasteiger partial charge in [0.05, 0.1) is 4.90 Å². The molecule has 0 aromatic heterocycles. The number of amidine groups is 1. The highest BCUT2D eigenvalue weighted by molar-refractivity contribution is 7.90. The molecular formula is C19H20ClN3O3S. The number of hydrogen-bond donors (Lipinski definition) is 2. The summed E-state index contributed by atoms with van der Waals surface area (Å²) in [6, 6.07) is 12.5. The van der Waals surface area contributed by atoms with Crippen molar-refractivity contribution in [2.45, 2.75) is 30.6 Å². The highest BCUT2D eigenvalue weighted by Crippen LogP contribution is 2.17. The zero-order valence-corrected chi connectivity index (χ0v) is 16.2. The van der Waals surface area contributed by atoms with Crippen LogP contribution in [0.2, 0.25) is 5.02 Å². The second-order valence-corrected chi connectivity index (χ2v) is 8.35. The zero-order valence-electron chi connectivity index (χ0n) is 14.6. The van der Waals surface area contributed by atoms with Gasteiger partial charge in [-0.3, -0.25) is 14.5 Å². The molecule has 3 rings (SSSR count). The Labute approximate surface area is 163 Å². The summed E-state index contributed by atoms with van der Waals surface area (Å²) in [6.07, 6.45) is 3.59. The highest BCUT2D eigenvalue weighted by Gasteiger charge is 2.17. The molecule has 0 radical (unpaired) electrons. The molecule has 6 nitrogen and oxygen atoms in total. The standard InChI is InChI=1S/C19H20ClN3O3S/c20-15-7-5-14(6-8-15)19(24)22-16-9-11-17(12-10-16)27(25,26)23-18-4-2-1-3-13-21-18/h5-12H,1-4,13H2,(H,21,23)(H,22,24). The molecule has 2 N–H and O–H groups in total. The van der Waals surface area contributed by atoms with E-state index in [1.165, 1.54) is 12.1 Å². The average Bonchev–Trinajstić information content (AvgIpc) is 2.91. The first-order valence-electron chi connectivity index (χ1n) is 8.67. The number of benzene rings is 2. The second-order valence-electron chi connectivity index (χ2n) is 6.23. The van der Waals surface area contributed by atoms with Crippen molar-refractivity contribution < 1.29 is 13.2 Å². The normalized spacial score (nSPS) is 14.8. The molecular weight excluding hydrogens is 386 g/mol. The predicted molar refractivity (Wildman–Crippen MR) is 107 cm³/mol. The molecule has 0 atom stereocenters. The van der Waals surface area contributed by atoms with Gasteiger partial charge < -0.3 is 5.32 Å². The molecule has 1 aliphatic rings. The first-order valence-corrected chi connectivity index (χ1v) is 10.5. The van der Waals surface area contributed by atoms with Gasteiger partial charge in [-0.15, -0.1) is 0 Å². The quantitative estimate of drug-likeness (QED) is 0.809. The lowest BCUT2D eigenvalue weighted by molar-refractivity contribution is 0.102. The van der Waals surface area contributed by atoms with E-state index in [4.69, 9.17) is 11.6 Å². The van der Waals surface area contributed by atoms with E-state index in [-0.39, 0.29) is 10.8 Å². The van der Waals surface area contributed by atoms with Crippen molar-refractivity contribution in [2.75, 3.05) is 11.9 Å². The second kappa shape index (κ2) is 8.54. The average molecular weight is 406 g/mol. The number of nitrogens with zero attached hydrogens (tertiary/aromatic N) is 1. The Morgan fingerprint density at radius 3 is 2.37 bits per heavy atom. The van der Waals surface area contributed by atoms with Gasteiger partial charge in [0.25, 0.3) is 15.9 Å². The molecule has 0 saturated carbocycles. The highest BCUT2D eigenvalue weighted by atomic mass is 35.5. The van der Waals surface area contributed by atoms with E-state index < -0.39 is 10.0 Å². The molecule has 0 fully saturated rings. The van der Waals surface area contributed by atoms with Gasteiger partial charge in [-0.2, -0.15) is 0 Å². The van der Waals surface area contributed by atoms with Gasteiger partial charge in [0.1, 0.15) is 5.84 Å². The largest absolute Gasteiger partial charge is 0.322 e. The Hall–Kier alpha value is -2.38. The molecule has 1 heterocycles. The van der Waals surface area contributed by atoms with Gasteiger partial charge in [0, 0.05) is 29.2 Å². The van der Waals surface area contributed by atoms with Crippen LogP contribution in [0.25, 0.3) is 0 Å². The van der Waals surface area contributed by atoms with Crippen molar-refractivity contribution in [1.82, 2.24) is 4.72 Å². The SMILES string of the molecule is O=C(Nc1ccc(S(=O)(=O)NC2=NCCCCC2)cc1)c1ccc(Cl)cc1. The molecule has 1 aliphatic heterocycles. The number of amides is 1. The maximum atomic E-state index is 12.5. The van der Waals surface area contributed by atoms with E-state index in [1.807, 2.05) is 0 Å². The molecule has 0 aliphatic carbocycles. The van der Waals surface area contributed by atoms with Crippen molar-refractivity contribution >= 4 is 39.1 Å². The third kappa shape index (κ3) is 5.30. The summed E-state index contributed by atoms with van der Waals surface area (Å²) in [6.45, 7) is 0.646. The summed E-state index contributed by atoms with van der Waals surface area (Å²) in [7, 11) is -3.69. The van der Waals surface area contributed by atoms with Crippen molar-refractivity contribution in [1.29, 1.82) is 0 Å². The smallest absolute Gasteiger partial charge is 0.262 e. The minimum atomic E-state index is -3.69. The Balaban J connectivity index is 1.67. The number of carbonyl (C=O) groups excluding carboxylic acids is 1. The monoisotopic (exact) mass is 405 g/mol. The fourth-order valence-corrected chi connectivity index (χ4v) is 3.91.